The molecule has 1 aliphatic rings. The molecule has 10 heteroatoms. The van der Waals surface area contributed by atoms with Crippen LogP contribution in [-0.4, -0.2) is 42.8 Å². The van der Waals surface area contributed by atoms with Crippen LogP contribution in [-0.2, 0) is 14.8 Å². The van der Waals surface area contributed by atoms with Crippen LogP contribution in [0.25, 0.3) is 0 Å². The first-order valence-corrected chi connectivity index (χ1v) is 11.1. The van der Waals surface area contributed by atoms with Crippen molar-refractivity contribution in [1.29, 1.82) is 0 Å². The number of hydrogen-bond donors (Lipinski definition) is 2. The molecule has 28 heavy (non-hydrogen) atoms. The van der Waals surface area contributed by atoms with Crippen molar-refractivity contribution in [1.82, 2.24) is 9.71 Å². The van der Waals surface area contributed by atoms with E-state index in [0.717, 1.165) is 24.9 Å². The number of benzene rings is 1. The Morgan fingerprint density at radius 3 is 2.50 bits per heavy atom. The zero-order valence-electron chi connectivity index (χ0n) is 15.0. The zero-order valence-corrected chi connectivity index (χ0v) is 16.7. The third kappa shape index (κ3) is 5.23. The molecule has 3 rings (SSSR count). The first-order valence-electron chi connectivity index (χ1n) is 8.49. The van der Waals surface area contributed by atoms with Gasteiger partial charge in [0.25, 0.3) is 15.9 Å². The maximum Gasteiger partial charge on any atom is 0.264 e. The number of carbonyl (C=O) groups is 2. The standard InChI is InChI=1S/C18H19N3O5S2/c1-12(22)21-28(24,25)16-5-3-14(4-6-16)20-18(23)13-2-7-17(19-10-13)26-15-8-9-27-11-15/h2-7,10,15H,8-9,11H2,1H3,(H,20,23)(H,21,22)/t15-/m0/s1. The normalized spacial score (nSPS) is 16.4. The van der Waals surface area contributed by atoms with Gasteiger partial charge in [0, 0.05) is 30.6 Å². The van der Waals surface area contributed by atoms with Crippen molar-refractivity contribution in [2.45, 2.75) is 24.3 Å². The Morgan fingerprint density at radius 1 is 1.18 bits per heavy atom. The molecule has 148 valence electrons. The third-order valence-electron chi connectivity index (χ3n) is 3.87. The summed E-state index contributed by atoms with van der Waals surface area (Å²) >= 11 is 1.84. The predicted octanol–water partition coefficient (Wildman–Crippen LogP) is 2.04. The molecule has 0 saturated carbocycles. The predicted molar refractivity (Wildman–Crippen MR) is 106 cm³/mol. The molecular weight excluding hydrogens is 402 g/mol. The van der Waals surface area contributed by atoms with E-state index >= 15 is 0 Å². The van der Waals surface area contributed by atoms with Crippen molar-refractivity contribution in [2.75, 3.05) is 16.8 Å². The lowest BCUT2D eigenvalue weighted by Gasteiger charge is -2.11. The minimum absolute atomic E-state index is 0.0751. The Hall–Kier alpha value is -2.59. The van der Waals surface area contributed by atoms with Crippen LogP contribution < -0.4 is 14.8 Å². The van der Waals surface area contributed by atoms with Gasteiger partial charge < -0.3 is 10.1 Å². The lowest BCUT2D eigenvalue weighted by atomic mass is 10.2. The second-order valence-corrected chi connectivity index (χ2v) is 8.96. The molecule has 0 unspecified atom stereocenters. The van der Waals surface area contributed by atoms with Crippen LogP contribution >= 0.6 is 11.8 Å². The molecule has 8 nitrogen and oxygen atoms in total. The SMILES string of the molecule is CC(=O)NS(=O)(=O)c1ccc(NC(=O)c2ccc(O[C@H]3CCSC3)nc2)cc1. The fraction of sp³-hybridized carbons (Fsp3) is 0.278. The van der Waals surface area contributed by atoms with Gasteiger partial charge in [-0.3, -0.25) is 9.59 Å². The number of pyridine rings is 1. The van der Waals surface area contributed by atoms with E-state index in [4.69, 9.17) is 4.74 Å². The Kier molecular flexibility index (Phi) is 6.20. The highest BCUT2D eigenvalue weighted by molar-refractivity contribution is 7.99. The number of thioether (sulfide) groups is 1. The van der Waals surface area contributed by atoms with Gasteiger partial charge in [0.1, 0.15) is 6.10 Å². The van der Waals surface area contributed by atoms with E-state index in [9.17, 15) is 18.0 Å². The van der Waals surface area contributed by atoms with Crippen LogP contribution in [0.15, 0.2) is 47.5 Å². The topological polar surface area (TPSA) is 114 Å². The molecule has 1 aromatic heterocycles. The average molecular weight is 422 g/mol. The zero-order chi connectivity index (χ0) is 20.1. The maximum atomic E-state index is 12.3. The molecule has 0 aliphatic carbocycles. The maximum absolute atomic E-state index is 12.3. The highest BCUT2D eigenvalue weighted by Crippen LogP contribution is 2.22. The number of nitrogens with one attached hydrogen (secondary N) is 2. The molecule has 1 saturated heterocycles. The van der Waals surface area contributed by atoms with Crippen molar-refractivity contribution in [3.63, 3.8) is 0 Å². The molecule has 1 atom stereocenters. The number of nitrogens with zero attached hydrogens (tertiary/aromatic N) is 1. The number of rotatable bonds is 6. The molecule has 2 heterocycles. The summed E-state index contributed by atoms with van der Waals surface area (Å²) in [4.78, 5) is 27.4. The van der Waals surface area contributed by atoms with Gasteiger partial charge in [-0.05, 0) is 42.5 Å². The molecule has 1 fully saturated rings. The van der Waals surface area contributed by atoms with E-state index in [1.165, 1.54) is 30.5 Å². The van der Waals surface area contributed by atoms with Gasteiger partial charge in [-0.1, -0.05) is 0 Å². The fourth-order valence-electron chi connectivity index (χ4n) is 2.53. The largest absolute Gasteiger partial charge is 0.473 e. The first kappa shape index (κ1) is 20.2. The summed E-state index contributed by atoms with van der Waals surface area (Å²) in [6.45, 7) is 1.11. The van der Waals surface area contributed by atoms with E-state index in [1.807, 2.05) is 16.5 Å². The smallest absolute Gasteiger partial charge is 0.264 e. The van der Waals surface area contributed by atoms with Gasteiger partial charge >= 0.3 is 0 Å². The lowest BCUT2D eigenvalue weighted by Crippen LogP contribution is -2.28. The van der Waals surface area contributed by atoms with Crippen molar-refractivity contribution in [2.24, 2.45) is 0 Å². The van der Waals surface area contributed by atoms with Crippen LogP contribution in [0.1, 0.15) is 23.7 Å². The second kappa shape index (κ2) is 8.61. The Morgan fingerprint density at radius 2 is 1.93 bits per heavy atom. The number of aromatic nitrogens is 1. The monoisotopic (exact) mass is 421 g/mol. The second-order valence-electron chi connectivity index (χ2n) is 6.13. The summed E-state index contributed by atoms with van der Waals surface area (Å²) in [6.07, 6.45) is 2.58. The first-order chi connectivity index (χ1) is 13.3. The van der Waals surface area contributed by atoms with E-state index < -0.39 is 15.9 Å². The highest BCUT2D eigenvalue weighted by atomic mass is 32.2. The van der Waals surface area contributed by atoms with Crippen LogP contribution in [0, 0.1) is 0 Å². The molecule has 2 N–H and O–H groups in total. The quantitative estimate of drug-likeness (QED) is 0.733. The number of sulfonamides is 1. The lowest BCUT2D eigenvalue weighted by molar-refractivity contribution is -0.117. The molecule has 0 radical (unpaired) electrons. The van der Waals surface area contributed by atoms with E-state index in [-0.39, 0.29) is 16.9 Å². The Balaban J connectivity index is 1.61. The van der Waals surface area contributed by atoms with Gasteiger partial charge in [-0.2, -0.15) is 11.8 Å². The van der Waals surface area contributed by atoms with Gasteiger partial charge in [-0.25, -0.2) is 18.1 Å². The molecule has 2 aromatic rings. The van der Waals surface area contributed by atoms with Gasteiger partial charge in [0.2, 0.25) is 11.8 Å². The van der Waals surface area contributed by atoms with Gasteiger partial charge in [-0.15, -0.1) is 0 Å². The van der Waals surface area contributed by atoms with Crippen molar-refractivity contribution < 1.29 is 22.7 Å². The van der Waals surface area contributed by atoms with Crippen molar-refractivity contribution in [3.8, 4) is 5.88 Å². The Labute approximate surface area is 167 Å². The number of hydrogen-bond acceptors (Lipinski definition) is 7. The number of carbonyl (C=O) groups excluding carboxylic acids is 2. The molecule has 2 amide bonds. The van der Waals surface area contributed by atoms with E-state index in [0.29, 0.717) is 17.1 Å². The minimum atomic E-state index is -3.91. The van der Waals surface area contributed by atoms with Crippen LogP contribution in [0.3, 0.4) is 0 Å². The van der Waals surface area contributed by atoms with Gasteiger partial charge in [0.05, 0.1) is 10.5 Å². The number of anilines is 1. The number of ether oxygens (including phenoxy) is 1. The highest BCUT2D eigenvalue weighted by Gasteiger charge is 2.18. The fourth-order valence-corrected chi connectivity index (χ4v) is 4.61. The molecule has 1 aliphatic heterocycles. The van der Waals surface area contributed by atoms with Crippen LogP contribution in [0.4, 0.5) is 5.69 Å². The summed E-state index contributed by atoms with van der Waals surface area (Å²) in [5, 5.41) is 2.66. The van der Waals surface area contributed by atoms with E-state index in [2.05, 4.69) is 10.3 Å². The van der Waals surface area contributed by atoms with E-state index in [1.54, 1.807) is 12.1 Å². The molecule has 1 aromatic carbocycles. The van der Waals surface area contributed by atoms with Crippen LogP contribution in [0.2, 0.25) is 0 Å². The molecule has 0 spiro atoms. The average Bonchev–Trinajstić information content (AvgIpc) is 3.15. The number of amides is 2. The summed E-state index contributed by atoms with van der Waals surface area (Å²) < 4.78 is 31.5. The molecule has 0 bridgehead atoms. The Bertz CT molecular complexity index is 954. The summed E-state index contributed by atoms with van der Waals surface area (Å²) in [5.41, 5.74) is 0.762. The minimum Gasteiger partial charge on any atom is -0.473 e. The van der Waals surface area contributed by atoms with Crippen molar-refractivity contribution in [3.05, 3.63) is 48.2 Å². The summed E-state index contributed by atoms with van der Waals surface area (Å²) in [5.74, 6) is 1.45. The van der Waals surface area contributed by atoms with Crippen molar-refractivity contribution >= 4 is 39.3 Å². The summed E-state index contributed by atoms with van der Waals surface area (Å²) in [7, 11) is -3.91. The van der Waals surface area contributed by atoms with Gasteiger partial charge in [0.15, 0.2) is 0 Å². The molecular formula is C18H19N3O5S2. The van der Waals surface area contributed by atoms with Crippen LogP contribution in [0.5, 0.6) is 5.88 Å². The third-order valence-corrected chi connectivity index (χ3v) is 6.46. The summed E-state index contributed by atoms with van der Waals surface area (Å²) in [6, 6.07) is 8.76.